The molecule has 0 bridgehead atoms. The number of methoxy groups -OCH3 is 1. The number of ether oxygens (including phenoxy) is 3. The maximum atomic E-state index is 13.0. The van der Waals surface area contributed by atoms with Crippen LogP contribution in [0.2, 0.25) is 0 Å². The minimum Gasteiger partial charge on any atom is -0.493 e. The van der Waals surface area contributed by atoms with Crippen molar-refractivity contribution in [1.82, 2.24) is 0 Å². The molecule has 0 aliphatic carbocycles. The van der Waals surface area contributed by atoms with E-state index < -0.39 is 0 Å². The lowest BCUT2D eigenvalue weighted by molar-refractivity contribution is -0.113. The smallest absolute Gasteiger partial charge is 0.270 e. The summed E-state index contributed by atoms with van der Waals surface area (Å²) in [6.45, 7) is 7.33. The van der Waals surface area contributed by atoms with Gasteiger partial charge in [0.25, 0.3) is 5.91 Å². The zero-order chi connectivity index (χ0) is 25.7. The second-order valence-electron chi connectivity index (χ2n) is 9.23. The van der Waals surface area contributed by atoms with Crippen molar-refractivity contribution in [3.63, 3.8) is 0 Å². The van der Waals surface area contributed by atoms with E-state index in [4.69, 9.17) is 26.4 Å². The van der Waals surface area contributed by atoms with Crippen LogP contribution in [0, 0.1) is 0 Å². The van der Waals surface area contributed by atoms with Crippen molar-refractivity contribution in [3.05, 3.63) is 88.8 Å². The van der Waals surface area contributed by atoms with Crippen molar-refractivity contribution in [2.24, 2.45) is 0 Å². The fraction of sp³-hybridized carbons (Fsp3) is 0.241. The summed E-state index contributed by atoms with van der Waals surface area (Å²) in [5.41, 5.74) is 2.95. The Morgan fingerprint density at radius 2 is 1.61 bits per heavy atom. The lowest BCUT2D eigenvalue weighted by atomic mass is 9.87. The Bertz CT molecular complexity index is 1260. The Labute approximate surface area is 222 Å². The summed E-state index contributed by atoms with van der Waals surface area (Å²) in [7, 11) is 1.59. The quantitative estimate of drug-likeness (QED) is 0.184. The number of hydrogen-bond acceptors (Lipinski definition) is 6. The van der Waals surface area contributed by atoms with Crippen molar-refractivity contribution in [3.8, 4) is 17.2 Å². The molecular formula is C29H29NO4S2. The molecule has 1 fully saturated rings. The summed E-state index contributed by atoms with van der Waals surface area (Å²) in [4.78, 5) is 15.1. The number of thiocarbonyl (C=S) groups is 1. The molecular weight excluding hydrogens is 490 g/mol. The molecule has 1 aliphatic rings. The van der Waals surface area contributed by atoms with E-state index in [0.717, 1.165) is 17.0 Å². The number of rotatable bonds is 8. The molecule has 36 heavy (non-hydrogen) atoms. The second kappa shape index (κ2) is 11.2. The highest BCUT2D eigenvalue weighted by atomic mass is 32.2. The summed E-state index contributed by atoms with van der Waals surface area (Å²) in [5, 5.41) is 0. The van der Waals surface area contributed by atoms with Crippen LogP contribution in [0.25, 0.3) is 6.08 Å². The van der Waals surface area contributed by atoms with Gasteiger partial charge in [-0.2, -0.15) is 0 Å². The minimum atomic E-state index is -0.136. The number of anilines is 1. The maximum absolute atomic E-state index is 13.0. The summed E-state index contributed by atoms with van der Waals surface area (Å²) in [6.07, 6.45) is 1.82. The van der Waals surface area contributed by atoms with Gasteiger partial charge in [0.05, 0.1) is 17.7 Å². The average molecular weight is 520 g/mol. The van der Waals surface area contributed by atoms with Crippen LogP contribution in [0.15, 0.2) is 77.7 Å². The van der Waals surface area contributed by atoms with Crippen LogP contribution in [-0.4, -0.2) is 30.6 Å². The molecule has 3 aromatic rings. The van der Waals surface area contributed by atoms with Gasteiger partial charge in [-0.15, -0.1) is 0 Å². The summed E-state index contributed by atoms with van der Waals surface area (Å²) >= 11 is 6.74. The second-order valence-corrected chi connectivity index (χ2v) is 10.9. The third-order valence-corrected chi connectivity index (χ3v) is 6.93. The van der Waals surface area contributed by atoms with Gasteiger partial charge in [0, 0.05) is 0 Å². The van der Waals surface area contributed by atoms with Crippen LogP contribution in [-0.2, 0) is 10.2 Å². The Morgan fingerprint density at radius 3 is 2.28 bits per heavy atom. The summed E-state index contributed by atoms with van der Waals surface area (Å²) < 4.78 is 17.7. The van der Waals surface area contributed by atoms with Crippen molar-refractivity contribution >= 4 is 46.0 Å². The van der Waals surface area contributed by atoms with Crippen molar-refractivity contribution in [2.75, 3.05) is 25.2 Å². The SMILES string of the molecule is COc1cc(/C=C2/SC(=S)N(c3ccccc3)C2=O)ccc1OCCOc1ccc(C(C)(C)C)cc1. The van der Waals surface area contributed by atoms with E-state index >= 15 is 0 Å². The van der Waals surface area contributed by atoms with E-state index in [0.29, 0.717) is 33.9 Å². The van der Waals surface area contributed by atoms with Gasteiger partial charge in [-0.25, -0.2) is 0 Å². The normalized spacial score (nSPS) is 14.9. The number of benzene rings is 3. The fourth-order valence-corrected chi connectivity index (χ4v) is 4.97. The average Bonchev–Trinajstić information content (AvgIpc) is 3.15. The number of para-hydroxylation sites is 1. The van der Waals surface area contributed by atoms with Crippen molar-refractivity contribution < 1.29 is 19.0 Å². The molecule has 4 rings (SSSR count). The zero-order valence-corrected chi connectivity index (χ0v) is 22.4. The van der Waals surface area contributed by atoms with E-state index in [9.17, 15) is 4.79 Å². The molecule has 0 N–H and O–H groups in total. The zero-order valence-electron chi connectivity index (χ0n) is 20.8. The molecule has 1 aliphatic heterocycles. The summed E-state index contributed by atoms with van der Waals surface area (Å²) in [5.74, 6) is 1.86. The van der Waals surface area contributed by atoms with Crippen LogP contribution in [0.5, 0.6) is 17.2 Å². The van der Waals surface area contributed by atoms with Gasteiger partial charge in [-0.05, 0) is 59.0 Å². The van der Waals surface area contributed by atoms with Gasteiger partial charge in [0.1, 0.15) is 19.0 Å². The van der Waals surface area contributed by atoms with E-state index in [1.54, 1.807) is 12.0 Å². The Hall–Kier alpha value is -3.29. The van der Waals surface area contributed by atoms with Crippen LogP contribution in [0.4, 0.5) is 5.69 Å². The predicted octanol–water partition coefficient (Wildman–Crippen LogP) is 6.86. The lowest BCUT2D eigenvalue weighted by Gasteiger charge is -2.19. The first-order valence-electron chi connectivity index (χ1n) is 11.6. The Kier molecular flexibility index (Phi) is 8.01. The maximum Gasteiger partial charge on any atom is 0.270 e. The van der Waals surface area contributed by atoms with E-state index in [2.05, 4.69) is 32.9 Å². The molecule has 3 aromatic carbocycles. The predicted molar refractivity (Wildman–Crippen MR) is 151 cm³/mol. The molecule has 0 spiro atoms. The largest absolute Gasteiger partial charge is 0.493 e. The van der Waals surface area contributed by atoms with E-state index in [1.165, 1.54) is 17.3 Å². The minimum absolute atomic E-state index is 0.108. The highest BCUT2D eigenvalue weighted by Gasteiger charge is 2.33. The van der Waals surface area contributed by atoms with Gasteiger partial charge in [-0.1, -0.05) is 81.1 Å². The molecule has 0 saturated carbocycles. The topological polar surface area (TPSA) is 48.0 Å². The molecule has 7 heteroatoms. The number of thioether (sulfide) groups is 1. The van der Waals surface area contributed by atoms with Crippen molar-refractivity contribution in [1.29, 1.82) is 0 Å². The van der Waals surface area contributed by atoms with Crippen LogP contribution in [0.3, 0.4) is 0 Å². The first-order valence-corrected chi connectivity index (χ1v) is 12.9. The fourth-order valence-electron chi connectivity index (χ4n) is 3.67. The highest BCUT2D eigenvalue weighted by molar-refractivity contribution is 8.27. The first kappa shape index (κ1) is 25.8. The van der Waals surface area contributed by atoms with Gasteiger partial charge >= 0.3 is 0 Å². The van der Waals surface area contributed by atoms with Crippen LogP contribution >= 0.6 is 24.0 Å². The molecule has 1 saturated heterocycles. The molecule has 1 amide bonds. The molecule has 0 atom stereocenters. The van der Waals surface area contributed by atoms with Gasteiger partial charge in [-0.3, -0.25) is 9.69 Å². The molecule has 1 heterocycles. The lowest BCUT2D eigenvalue weighted by Crippen LogP contribution is -2.27. The van der Waals surface area contributed by atoms with Crippen LogP contribution in [0.1, 0.15) is 31.9 Å². The third-order valence-electron chi connectivity index (χ3n) is 5.62. The van der Waals surface area contributed by atoms with Crippen LogP contribution < -0.4 is 19.1 Å². The molecule has 0 aromatic heterocycles. The number of hydrogen-bond donors (Lipinski definition) is 0. The Balaban J connectivity index is 1.37. The van der Waals surface area contributed by atoms with Gasteiger partial charge < -0.3 is 14.2 Å². The van der Waals surface area contributed by atoms with Crippen molar-refractivity contribution in [2.45, 2.75) is 26.2 Å². The molecule has 0 unspecified atom stereocenters. The van der Waals surface area contributed by atoms with Gasteiger partial charge in [0.2, 0.25) is 0 Å². The van der Waals surface area contributed by atoms with Gasteiger partial charge in [0.15, 0.2) is 15.8 Å². The number of carbonyl (C=O) groups excluding carboxylic acids is 1. The monoisotopic (exact) mass is 519 g/mol. The number of carbonyl (C=O) groups is 1. The number of amides is 1. The molecule has 5 nitrogen and oxygen atoms in total. The van der Waals surface area contributed by atoms with E-state index in [-0.39, 0.29) is 11.3 Å². The Morgan fingerprint density at radius 1 is 0.917 bits per heavy atom. The third kappa shape index (κ3) is 6.09. The number of nitrogens with zero attached hydrogens (tertiary/aromatic N) is 1. The molecule has 0 radical (unpaired) electrons. The molecule has 186 valence electrons. The highest BCUT2D eigenvalue weighted by Crippen LogP contribution is 2.37. The first-order chi connectivity index (χ1) is 17.3. The standard InChI is InChI=1S/C29H29NO4S2/c1-29(2,3)21-11-13-23(14-12-21)33-16-17-34-24-15-10-20(18-25(24)32-4)19-26-27(31)30(28(35)36-26)22-8-6-5-7-9-22/h5-15,18-19H,16-17H2,1-4H3/b26-19+. The van der Waals surface area contributed by atoms with E-state index in [1.807, 2.05) is 66.7 Å². The summed E-state index contributed by atoms with van der Waals surface area (Å²) in [6, 6.07) is 23.1.